The lowest BCUT2D eigenvalue weighted by molar-refractivity contribution is -0.384. The molecule has 0 spiro atoms. The molecule has 4 aromatic rings. The third-order valence-corrected chi connectivity index (χ3v) is 15.8. The summed E-state index contributed by atoms with van der Waals surface area (Å²) in [4.78, 5) is 47.4. The minimum atomic E-state index is -4.47. The highest BCUT2D eigenvalue weighted by atomic mass is 35.5. The molecule has 3 aliphatic rings. The zero-order valence-electron chi connectivity index (χ0n) is 40.8. The van der Waals surface area contributed by atoms with Crippen LogP contribution in [0.2, 0.25) is 5.02 Å². The molecule has 2 heterocycles. The van der Waals surface area contributed by atoms with Crippen molar-refractivity contribution in [1.82, 2.24) is 19.4 Å². The number of allylic oxidation sites excluding steroid dienone is 1. The second-order valence-corrected chi connectivity index (χ2v) is 23.0. The zero-order valence-corrected chi connectivity index (χ0v) is 43.2. The van der Waals surface area contributed by atoms with E-state index in [1.807, 2.05) is 80.3 Å². The number of hydrogen-bond acceptors (Lipinski definition) is 13. The van der Waals surface area contributed by atoms with Gasteiger partial charge >= 0.3 is 6.09 Å². The number of nitro groups is 1. The van der Waals surface area contributed by atoms with E-state index in [0.717, 1.165) is 88.3 Å². The number of piperazine rings is 2. The van der Waals surface area contributed by atoms with Crippen molar-refractivity contribution >= 4 is 68.0 Å². The predicted octanol–water partition coefficient (Wildman–Crippen LogP) is 9.29. The molecule has 0 saturated carbocycles. The van der Waals surface area contributed by atoms with Crippen molar-refractivity contribution in [3.05, 3.63) is 129 Å². The fraction of sp³-hybridized carbons (Fsp3) is 0.462. The highest BCUT2D eigenvalue weighted by Crippen LogP contribution is 2.44. The Labute approximate surface area is 422 Å². The van der Waals surface area contributed by atoms with Gasteiger partial charge in [0.1, 0.15) is 11.3 Å². The van der Waals surface area contributed by atoms with E-state index in [2.05, 4.69) is 43.8 Å². The number of thioether (sulfide) groups is 1. The number of benzene rings is 4. The SMILES string of the molecule is COCCC(CSc1ccccc1)Nc1ccc(S(=O)(=O)NC(=O)c2ccc(N3CCN(CC4=C(c5ccc(Cl)cc5)CCC(C)(CN5CCN(C(=O)OC(C)(C)C)CC5)C4)CC3)cc2)cc1[N+](=O)[O-]. The molecule has 15 nitrogen and oxygen atoms in total. The molecule has 2 aliphatic heterocycles. The van der Waals surface area contributed by atoms with Crippen LogP contribution in [0.5, 0.6) is 0 Å². The van der Waals surface area contributed by atoms with Crippen molar-refractivity contribution in [2.45, 2.75) is 74.8 Å². The molecule has 18 heteroatoms. The number of sulfonamides is 1. The van der Waals surface area contributed by atoms with Gasteiger partial charge in [-0.1, -0.05) is 54.4 Å². The summed E-state index contributed by atoms with van der Waals surface area (Å²) in [5, 5.41) is 16.2. The molecule has 0 radical (unpaired) electrons. The quantitative estimate of drug-likeness (QED) is 0.0551. The molecular formula is C52H66ClN7O8S2. The lowest BCUT2D eigenvalue weighted by atomic mass is 9.71. The first-order chi connectivity index (χ1) is 33.4. The summed E-state index contributed by atoms with van der Waals surface area (Å²) in [6.07, 6.45) is 3.32. The highest BCUT2D eigenvalue weighted by Gasteiger charge is 2.36. The number of amides is 2. The van der Waals surface area contributed by atoms with Crippen molar-refractivity contribution in [2.75, 3.05) is 95.1 Å². The van der Waals surface area contributed by atoms with Crippen LogP contribution in [-0.4, -0.2) is 137 Å². The van der Waals surface area contributed by atoms with E-state index in [0.29, 0.717) is 36.9 Å². The van der Waals surface area contributed by atoms with E-state index < -0.39 is 37.0 Å². The number of ether oxygens (including phenoxy) is 2. The summed E-state index contributed by atoms with van der Waals surface area (Å²) in [5.41, 5.74) is 4.41. The minimum Gasteiger partial charge on any atom is -0.444 e. The maximum absolute atomic E-state index is 13.5. The van der Waals surface area contributed by atoms with Crippen LogP contribution in [0.1, 0.15) is 69.3 Å². The van der Waals surface area contributed by atoms with E-state index in [1.54, 1.807) is 31.0 Å². The molecule has 1 aliphatic carbocycles. The van der Waals surface area contributed by atoms with Crippen LogP contribution in [0.3, 0.4) is 0 Å². The van der Waals surface area contributed by atoms with Crippen LogP contribution in [0.15, 0.2) is 112 Å². The standard InChI is InChI=1S/C52H66ClN7O8S2/c1-51(2,3)68-50(62)59-30-26-57(27-31-59)37-52(4)23-21-46(38-11-15-41(53)16-12-38)40(34-52)35-56-24-28-58(29-25-56)43-17-13-39(14-18-43)49(61)55-70(65,66)45-19-20-47(48(33-45)60(63)64)54-42(22-32-67-5)36-69-44-9-7-6-8-10-44/h6-20,33,42,54H,21-32,34-37H2,1-5H3,(H,55,61). The number of hydrogen-bond donors (Lipinski definition) is 2. The van der Waals surface area contributed by atoms with Gasteiger partial charge < -0.3 is 24.6 Å². The van der Waals surface area contributed by atoms with Crippen molar-refractivity contribution in [3.63, 3.8) is 0 Å². The Morgan fingerprint density at radius 3 is 2.21 bits per heavy atom. The first kappa shape index (κ1) is 52.6. The Kier molecular flexibility index (Phi) is 17.6. The largest absolute Gasteiger partial charge is 0.444 e. The van der Waals surface area contributed by atoms with E-state index in [4.69, 9.17) is 21.1 Å². The van der Waals surface area contributed by atoms with Gasteiger partial charge in [-0.05, 0) is 124 Å². The van der Waals surface area contributed by atoms with E-state index in [1.165, 1.54) is 28.8 Å². The summed E-state index contributed by atoms with van der Waals surface area (Å²) in [7, 11) is -2.88. The zero-order chi connectivity index (χ0) is 50.1. The first-order valence-corrected chi connectivity index (χ1v) is 26.7. The summed E-state index contributed by atoms with van der Waals surface area (Å²) in [6.45, 7) is 16.5. The Hall–Kier alpha value is -5.17. The Morgan fingerprint density at radius 1 is 0.900 bits per heavy atom. The van der Waals surface area contributed by atoms with Crippen molar-refractivity contribution in [1.29, 1.82) is 0 Å². The fourth-order valence-corrected chi connectivity index (χ4v) is 11.5. The maximum atomic E-state index is 13.5. The Balaban J connectivity index is 0.945. The van der Waals surface area contributed by atoms with Crippen LogP contribution in [0, 0.1) is 15.5 Å². The molecule has 2 fully saturated rings. The van der Waals surface area contributed by atoms with Gasteiger partial charge in [-0.15, -0.1) is 11.8 Å². The first-order valence-electron chi connectivity index (χ1n) is 23.9. The smallest absolute Gasteiger partial charge is 0.410 e. The lowest BCUT2D eigenvalue weighted by Crippen LogP contribution is -2.52. The number of nitrogens with zero attached hydrogens (tertiary/aromatic N) is 5. The number of methoxy groups -OCH3 is 1. The van der Waals surface area contributed by atoms with Gasteiger partial charge in [-0.2, -0.15) is 0 Å². The third-order valence-electron chi connectivity index (χ3n) is 13.1. The Morgan fingerprint density at radius 2 is 1.57 bits per heavy atom. The minimum absolute atomic E-state index is 0.0744. The number of nitro benzene ring substituents is 1. The van der Waals surface area contributed by atoms with Crippen molar-refractivity contribution < 1.29 is 32.4 Å². The maximum Gasteiger partial charge on any atom is 0.410 e. The second-order valence-electron chi connectivity index (χ2n) is 19.7. The van der Waals surface area contributed by atoms with Gasteiger partial charge in [0.2, 0.25) is 0 Å². The van der Waals surface area contributed by atoms with E-state index in [-0.39, 0.29) is 28.8 Å². The van der Waals surface area contributed by atoms with Gasteiger partial charge in [-0.3, -0.25) is 24.7 Å². The molecule has 2 amide bonds. The molecule has 2 N–H and O–H groups in total. The number of carbonyl (C=O) groups excluding carboxylic acids is 2. The van der Waals surface area contributed by atoms with Crippen LogP contribution in [0.25, 0.3) is 5.57 Å². The van der Waals surface area contributed by atoms with Crippen LogP contribution < -0.4 is 14.9 Å². The van der Waals surface area contributed by atoms with Gasteiger partial charge in [-0.25, -0.2) is 17.9 Å². The monoisotopic (exact) mass is 1020 g/mol. The molecule has 2 unspecified atom stereocenters. The van der Waals surface area contributed by atoms with Crippen LogP contribution in [-0.2, 0) is 19.5 Å². The summed E-state index contributed by atoms with van der Waals surface area (Å²) < 4.78 is 40.0. The number of rotatable bonds is 18. The number of halogens is 1. The molecule has 0 bridgehead atoms. The number of nitrogens with one attached hydrogen (secondary N) is 2. The predicted molar refractivity (Wildman–Crippen MR) is 278 cm³/mol. The number of anilines is 2. The van der Waals surface area contributed by atoms with Crippen molar-refractivity contribution in [2.24, 2.45) is 5.41 Å². The van der Waals surface area contributed by atoms with Crippen LogP contribution >= 0.6 is 23.4 Å². The normalized spacial score (nSPS) is 18.9. The highest BCUT2D eigenvalue weighted by molar-refractivity contribution is 7.99. The fourth-order valence-electron chi connectivity index (χ4n) is 9.39. The molecule has 4 aromatic carbocycles. The average Bonchev–Trinajstić information content (AvgIpc) is 3.33. The Bertz CT molecular complexity index is 2580. The summed E-state index contributed by atoms with van der Waals surface area (Å²) in [5.74, 6) is -0.256. The van der Waals surface area contributed by atoms with E-state index in [9.17, 15) is 28.1 Å². The van der Waals surface area contributed by atoms with Crippen LogP contribution in [0.4, 0.5) is 21.9 Å². The second kappa shape index (κ2) is 23.4. The molecular weight excluding hydrogens is 950 g/mol. The van der Waals surface area contributed by atoms with E-state index >= 15 is 0 Å². The lowest BCUT2D eigenvalue weighted by Gasteiger charge is -2.44. The van der Waals surface area contributed by atoms with Gasteiger partial charge in [0, 0.05) is 118 Å². The van der Waals surface area contributed by atoms with Gasteiger partial charge in [0.25, 0.3) is 21.6 Å². The molecule has 70 heavy (non-hydrogen) atoms. The molecule has 7 rings (SSSR count). The van der Waals surface area contributed by atoms with Gasteiger partial charge in [0.15, 0.2) is 0 Å². The molecule has 0 aromatic heterocycles. The topological polar surface area (TPSA) is 167 Å². The average molecular weight is 1020 g/mol. The van der Waals surface area contributed by atoms with Gasteiger partial charge in [0.05, 0.1) is 9.82 Å². The molecule has 2 atom stereocenters. The molecule has 2 saturated heterocycles. The van der Waals surface area contributed by atoms with Crippen molar-refractivity contribution in [3.8, 4) is 0 Å². The number of carbonyl (C=O) groups is 2. The summed E-state index contributed by atoms with van der Waals surface area (Å²) >= 11 is 7.91. The summed E-state index contributed by atoms with van der Waals surface area (Å²) in [6, 6.07) is 28.2. The molecule has 376 valence electrons. The third kappa shape index (κ3) is 14.5.